The van der Waals surface area contributed by atoms with Gasteiger partial charge in [-0.1, -0.05) is 0 Å². The molecule has 0 aromatic heterocycles. The van der Waals surface area contributed by atoms with Crippen LogP contribution in [0, 0.1) is 11.6 Å². The van der Waals surface area contributed by atoms with E-state index in [4.69, 9.17) is 10.5 Å². The lowest BCUT2D eigenvalue weighted by Crippen LogP contribution is -2.36. The Labute approximate surface area is 222 Å². The number of carbonyl (C=O) groups is 2. The highest BCUT2D eigenvalue weighted by molar-refractivity contribution is 6.00. The molecule has 0 aliphatic carbocycles. The van der Waals surface area contributed by atoms with E-state index >= 15 is 0 Å². The zero-order chi connectivity index (χ0) is 27.8. The molecule has 2 amide bonds. The van der Waals surface area contributed by atoms with E-state index in [1.807, 2.05) is 31.1 Å². The summed E-state index contributed by atoms with van der Waals surface area (Å²) >= 11 is 0. The number of anilines is 5. The van der Waals surface area contributed by atoms with Gasteiger partial charge >= 0.3 is 0 Å². The third kappa shape index (κ3) is 5.03. The number of fused-ring (bicyclic) bond motifs is 2. The van der Waals surface area contributed by atoms with Gasteiger partial charge in [-0.25, -0.2) is 13.8 Å². The highest BCUT2D eigenvalue weighted by Gasteiger charge is 2.27. The molecular weight excluding hydrogens is 510 g/mol. The molecule has 3 heterocycles. The van der Waals surface area contributed by atoms with Crippen LogP contribution in [0.3, 0.4) is 0 Å². The number of nitrogens with two attached hydrogens (primary N) is 1. The van der Waals surface area contributed by atoms with Gasteiger partial charge in [0.05, 0.1) is 36.2 Å². The van der Waals surface area contributed by atoms with Crippen molar-refractivity contribution in [3.8, 4) is 17.1 Å². The molecule has 0 spiro atoms. The summed E-state index contributed by atoms with van der Waals surface area (Å²) in [4.78, 5) is 40.1. The number of benzene rings is 2. The van der Waals surface area contributed by atoms with E-state index in [1.165, 1.54) is 13.3 Å². The molecule has 0 radical (unpaired) electrons. The number of rotatable bonds is 8. The second kappa shape index (κ2) is 10.2. The first-order valence-electron chi connectivity index (χ1n) is 12.0. The Kier molecular flexibility index (Phi) is 6.74. The fourth-order valence-corrected chi connectivity index (χ4v) is 4.57. The Morgan fingerprint density at radius 1 is 1.18 bits per heavy atom. The number of likely N-dealkylation sites (N-methyl/N-ethyl adjacent to an activating group) is 1. The van der Waals surface area contributed by atoms with Crippen LogP contribution >= 0.6 is 0 Å². The molecule has 5 N–H and O–H groups in total. The summed E-state index contributed by atoms with van der Waals surface area (Å²) in [6, 6.07) is 6.87. The first-order valence-corrected chi connectivity index (χ1v) is 12.0. The highest BCUT2D eigenvalue weighted by Crippen LogP contribution is 2.39. The first-order chi connectivity index (χ1) is 18.6. The third-order valence-corrected chi connectivity index (χ3v) is 6.27. The normalized spacial score (nSPS) is 12.6. The quantitative estimate of drug-likeness (QED) is 0.269. The molecule has 39 heavy (non-hydrogen) atoms. The molecule has 0 bridgehead atoms. The molecule has 5 rings (SSSR count). The number of carbonyl (C=O) groups excluding carboxylic acids is 2. The number of hydrogen-bond acceptors (Lipinski definition) is 8. The fraction of sp³-hybridized carbons (Fsp3) is 0.231. The minimum absolute atomic E-state index is 0.0268. The van der Waals surface area contributed by atoms with Crippen molar-refractivity contribution in [3.63, 3.8) is 0 Å². The van der Waals surface area contributed by atoms with Crippen molar-refractivity contribution in [1.29, 1.82) is 0 Å². The number of halogens is 2. The van der Waals surface area contributed by atoms with Gasteiger partial charge in [-0.2, -0.15) is 4.98 Å². The van der Waals surface area contributed by atoms with Crippen LogP contribution < -0.4 is 26.0 Å². The molecule has 13 heteroatoms. The van der Waals surface area contributed by atoms with Gasteiger partial charge in [-0.05, 0) is 50.3 Å². The molecular formula is C26H26F2N8O3. The van der Waals surface area contributed by atoms with Gasteiger partial charge in [0.2, 0.25) is 11.9 Å². The number of primary amides is 1. The molecule has 0 atom stereocenters. The molecule has 0 saturated heterocycles. The summed E-state index contributed by atoms with van der Waals surface area (Å²) in [6.45, 7) is 0.828. The van der Waals surface area contributed by atoms with E-state index in [2.05, 4.69) is 25.6 Å². The average Bonchev–Trinajstić information content (AvgIpc) is 3.49. The largest absolute Gasteiger partial charge is 0.495 e. The minimum atomic E-state index is -1.10. The van der Waals surface area contributed by atoms with Crippen molar-refractivity contribution < 1.29 is 23.1 Å². The average molecular weight is 537 g/mol. The van der Waals surface area contributed by atoms with Gasteiger partial charge < -0.3 is 35.9 Å². The van der Waals surface area contributed by atoms with Gasteiger partial charge in [0, 0.05) is 24.5 Å². The Hall–Kier alpha value is -4.78. The lowest BCUT2D eigenvalue weighted by molar-refractivity contribution is -0.119. The minimum Gasteiger partial charge on any atom is -0.495 e. The number of hydrogen-bond donors (Lipinski definition) is 4. The van der Waals surface area contributed by atoms with Crippen LogP contribution in [0.25, 0.3) is 11.4 Å². The molecule has 2 aromatic rings. The van der Waals surface area contributed by atoms with Gasteiger partial charge in [-0.15, -0.1) is 0 Å². The van der Waals surface area contributed by atoms with Crippen LogP contribution in [0.1, 0.15) is 15.9 Å². The molecule has 3 aliphatic rings. The number of nitrogens with one attached hydrogen (secondary N) is 3. The SMILES string of the molecule is COc1cc2c(cc1Nc1nc(Nc3cc(F)cc(F)c3C(N)=O)c3ccnc-3[nH]1)N(C(=O)CN(C)C)CC2. The number of H-pyrrole nitrogens is 1. The van der Waals surface area contributed by atoms with E-state index in [0.29, 0.717) is 41.9 Å². The number of methoxy groups -OCH3 is 1. The van der Waals surface area contributed by atoms with Crippen molar-refractivity contribution >= 4 is 40.6 Å². The van der Waals surface area contributed by atoms with Crippen molar-refractivity contribution in [2.75, 3.05) is 49.8 Å². The number of aromatic nitrogens is 3. The Bertz CT molecular complexity index is 1550. The third-order valence-electron chi connectivity index (χ3n) is 6.27. The number of nitrogens with zero attached hydrogens (tertiary/aromatic N) is 4. The van der Waals surface area contributed by atoms with Gasteiger partial charge in [-0.3, -0.25) is 9.59 Å². The van der Waals surface area contributed by atoms with E-state index in [1.54, 1.807) is 11.0 Å². The van der Waals surface area contributed by atoms with Gasteiger partial charge in [0.15, 0.2) is 0 Å². The summed E-state index contributed by atoms with van der Waals surface area (Å²) in [5.74, 6) is -1.77. The lowest BCUT2D eigenvalue weighted by Gasteiger charge is -2.21. The topological polar surface area (TPSA) is 142 Å². The van der Waals surface area contributed by atoms with Crippen LogP contribution in [-0.4, -0.2) is 66.0 Å². The van der Waals surface area contributed by atoms with Crippen molar-refractivity contribution in [1.82, 2.24) is 19.9 Å². The summed E-state index contributed by atoms with van der Waals surface area (Å²) in [5.41, 5.74) is 7.42. The Morgan fingerprint density at radius 2 is 1.97 bits per heavy atom. The van der Waals surface area contributed by atoms with Gasteiger partial charge in [0.25, 0.3) is 5.91 Å². The van der Waals surface area contributed by atoms with Gasteiger partial charge in [0.1, 0.15) is 29.0 Å². The lowest BCUT2D eigenvalue weighted by atomic mass is 10.1. The Balaban J connectivity index is 1.53. The summed E-state index contributed by atoms with van der Waals surface area (Å²) in [7, 11) is 5.20. The highest BCUT2D eigenvalue weighted by atomic mass is 19.1. The Morgan fingerprint density at radius 3 is 2.69 bits per heavy atom. The molecule has 0 saturated carbocycles. The summed E-state index contributed by atoms with van der Waals surface area (Å²) in [5, 5.41) is 5.98. The van der Waals surface area contributed by atoms with E-state index in [9.17, 15) is 18.4 Å². The first kappa shape index (κ1) is 25.9. The smallest absolute Gasteiger partial charge is 0.253 e. The standard InChI is InChI=1S/C26H26F2N8O3/c1-35(2)12-21(37)36-7-5-13-8-20(39-3)17(11-19(13)36)32-26-33-24-15(4-6-30-24)25(34-26)31-18-10-14(27)9-16(28)22(18)23(29)38/h4,6,8-11H,5,7,12H2,1-3H3,(H2,29,38)(H3,30,31,32,33,34). The monoisotopic (exact) mass is 536 g/mol. The molecule has 202 valence electrons. The van der Waals surface area contributed by atoms with Crippen LogP contribution in [-0.2, 0) is 11.2 Å². The molecule has 2 aromatic carbocycles. The predicted octanol–water partition coefficient (Wildman–Crippen LogP) is 3.23. The summed E-state index contributed by atoms with van der Waals surface area (Å²) in [6.07, 6.45) is 2.22. The van der Waals surface area contributed by atoms with E-state index in [-0.39, 0.29) is 29.9 Å². The fourth-order valence-electron chi connectivity index (χ4n) is 4.57. The molecule has 0 unspecified atom stereocenters. The second-order valence-corrected chi connectivity index (χ2v) is 9.28. The second-order valence-electron chi connectivity index (χ2n) is 9.28. The number of ether oxygens (including phenoxy) is 1. The van der Waals surface area contributed by atoms with E-state index in [0.717, 1.165) is 17.3 Å². The zero-order valence-corrected chi connectivity index (χ0v) is 21.4. The number of aromatic amines is 1. The maximum atomic E-state index is 14.4. The predicted molar refractivity (Wildman–Crippen MR) is 142 cm³/mol. The molecule has 11 nitrogen and oxygen atoms in total. The van der Waals surface area contributed by atoms with Crippen molar-refractivity contribution in [2.24, 2.45) is 5.73 Å². The summed E-state index contributed by atoms with van der Waals surface area (Å²) < 4.78 is 34.0. The molecule has 0 fully saturated rings. The van der Waals surface area contributed by atoms with Crippen molar-refractivity contribution in [3.05, 3.63) is 59.3 Å². The maximum Gasteiger partial charge on any atom is 0.253 e. The molecule has 3 aliphatic heterocycles. The van der Waals surface area contributed by atoms with Crippen LogP contribution in [0.2, 0.25) is 0 Å². The van der Waals surface area contributed by atoms with E-state index < -0.39 is 23.1 Å². The van der Waals surface area contributed by atoms with Crippen LogP contribution in [0.15, 0.2) is 36.5 Å². The van der Waals surface area contributed by atoms with Crippen LogP contribution in [0.5, 0.6) is 5.75 Å². The van der Waals surface area contributed by atoms with Crippen LogP contribution in [0.4, 0.5) is 37.6 Å². The maximum absolute atomic E-state index is 14.4. The zero-order valence-electron chi connectivity index (χ0n) is 21.4. The van der Waals surface area contributed by atoms with Crippen molar-refractivity contribution in [2.45, 2.75) is 6.42 Å². The number of amides is 2.